The lowest BCUT2D eigenvalue weighted by Gasteiger charge is -2.14. The van der Waals surface area contributed by atoms with Crippen LogP contribution in [0.5, 0.6) is 11.5 Å². The van der Waals surface area contributed by atoms with Crippen molar-refractivity contribution in [2.75, 3.05) is 20.2 Å². The molecule has 0 atom stereocenters. The number of carbonyl (C=O) groups is 1. The van der Waals surface area contributed by atoms with Crippen LogP contribution >= 0.6 is 0 Å². The highest BCUT2D eigenvalue weighted by molar-refractivity contribution is 5.76. The van der Waals surface area contributed by atoms with Gasteiger partial charge in [-0.15, -0.1) is 0 Å². The van der Waals surface area contributed by atoms with E-state index in [1.807, 2.05) is 12.1 Å². The number of nitrogens with one attached hydrogen (secondary N) is 1. The summed E-state index contributed by atoms with van der Waals surface area (Å²) in [5.74, 6) is 0.783. The molecule has 4 nitrogen and oxygen atoms in total. The number of hydrogen-bond acceptors (Lipinski definition) is 4. The van der Waals surface area contributed by atoms with Gasteiger partial charge in [0.25, 0.3) is 0 Å². The smallest absolute Gasteiger partial charge is 0.315 e. The van der Waals surface area contributed by atoms with Gasteiger partial charge in [-0.05, 0) is 30.7 Å². The Hall–Kier alpha value is -1.81. The Labute approximate surface area is 107 Å². The summed E-state index contributed by atoms with van der Waals surface area (Å²) in [6.07, 6.45) is 3.39. The quantitative estimate of drug-likeness (QED) is 0.501. The zero-order valence-corrected chi connectivity index (χ0v) is 10.4. The first-order valence-corrected chi connectivity index (χ1v) is 6.02. The SMILES string of the molecule is COc1ccccc1OC(=O)CC1=CCCNC1. The van der Waals surface area contributed by atoms with Gasteiger partial charge in [0.05, 0.1) is 13.5 Å². The van der Waals surface area contributed by atoms with Gasteiger partial charge in [0.15, 0.2) is 11.5 Å². The summed E-state index contributed by atoms with van der Waals surface area (Å²) < 4.78 is 10.4. The lowest BCUT2D eigenvalue weighted by Crippen LogP contribution is -2.24. The van der Waals surface area contributed by atoms with Gasteiger partial charge in [-0.25, -0.2) is 0 Å². The normalized spacial score (nSPS) is 14.8. The highest BCUT2D eigenvalue weighted by atomic mass is 16.6. The molecule has 18 heavy (non-hydrogen) atoms. The zero-order chi connectivity index (χ0) is 12.8. The molecule has 1 aliphatic rings. The van der Waals surface area contributed by atoms with Crippen molar-refractivity contribution >= 4 is 5.97 Å². The molecule has 0 amide bonds. The van der Waals surface area contributed by atoms with E-state index in [4.69, 9.17) is 9.47 Å². The standard InChI is InChI=1S/C14H17NO3/c1-17-12-6-2-3-7-13(12)18-14(16)9-11-5-4-8-15-10-11/h2-3,5-7,15H,4,8-10H2,1H3. The molecule has 1 aliphatic heterocycles. The molecule has 1 aromatic carbocycles. The maximum atomic E-state index is 11.8. The van der Waals surface area contributed by atoms with Crippen molar-refractivity contribution in [3.8, 4) is 11.5 Å². The van der Waals surface area contributed by atoms with E-state index in [2.05, 4.69) is 11.4 Å². The molecule has 0 aliphatic carbocycles. The van der Waals surface area contributed by atoms with E-state index in [0.29, 0.717) is 17.9 Å². The van der Waals surface area contributed by atoms with Gasteiger partial charge in [0, 0.05) is 6.54 Å². The fourth-order valence-corrected chi connectivity index (χ4v) is 1.88. The highest BCUT2D eigenvalue weighted by Crippen LogP contribution is 2.26. The van der Waals surface area contributed by atoms with Crippen molar-refractivity contribution in [2.45, 2.75) is 12.8 Å². The third-order valence-corrected chi connectivity index (χ3v) is 2.77. The minimum atomic E-state index is -0.255. The van der Waals surface area contributed by atoms with E-state index in [0.717, 1.165) is 25.1 Å². The minimum Gasteiger partial charge on any atom is -0.493 e. The number of benzene rings is 1. The van der Waals surface area contributed by atoms with Crippen LogP contribution in [0.1, 0.15) is 12.8 Å². The average molecular weight is 247 g/mol. The Morgan fingerprint density at radius 1 is 1.33 bits per heavy atom. The predicted octanol–water partition coefficient (Wildman–Crippen LogP) is 1.91. The van der Waals surface area contributed by atoms with Gasteiger partial charge in [0.2, 0.25) is 0 Å². The summed E-state index contributed by atoms with van der Waals surface area (Å²) in [6, 6.07) is 7.14. The third kappa shape index (κ3) is 3.34. The van der Waals surface area contributed by atoms with E-state index in [9.17, 15) is 4.79 Å². The predicted molar refractivity (Wildman–Crippen MR) is 68.8 cm³/mol. The molecule has 0 saturated carbocycles. The van der Waals surface area contributed by atoms with Gasteiger partial charge >= 0.3 is 5.97 Å². The molecule has 0 bridgehead atoms. The molecule has 0 aromatic heterocycles. The van der Waals surface area contributed by atoms with Crippen LogP contribution in [0.3, 0.4) is 0 Å². The summed E-state index contributed by atoms with van der Waals surface area (Å²) >= 11 is 0. The number of carbonyl (C=O) groups excluding carboxylic acids is 1. The Kier molecular flexibility index (Phi) is 4.36. The van der Waals surface area contributed by atoms with E-state index < -0.39 is 0 Å². The first kappa shape index (κ1) is 12.6. The Morgan fingerprint density at radius 2 is 2.11 bits per heavy atom. The van der Waals surface area contributed by atoms with Crippen molar-refractivity contribution in [2.24, 2.45) is 0 Å². The maximum Gasteiger partial charge on any atom is 0.315 e. The lowest BCUT2D eigenvalue weighted by molar-refractivity contribution is -0.133. The molecule has 1 N–H and O–H groups in total. The second-order valence-corrected chi connectivity index (χ2v) is 4.13. The van der Waals surface area contributed by atoms with E-state index in [1.54, 1.807) is 19.2 Å². The van der Waals surface area contributed by atoms with Gasteiger partial charge in [-0.3, -0.25) is 4.79 Å². The molecule has 2 rings (SSSR count). The fourth-order valence-electron chi connectivity index (χ4n) is 1.88. The molecule has 1 heterocycles. The van der Waals surface area contributed by atoms with Gasteiger partial charge in [-0.2, -0.15) is 0 Å². The van der Waals surface area contributed by atoms with Crippen molar-refractivity contribution < 1.29 is 14.3 Å². The average Bonchev–Trinajstić information content (AvgIpc) is 2.40. The summed E-state index contributed by atoms with van der Waals surface area (Å²) in [5, 5.41) is 3.23. The monoisotopic (exact) mass is 247 g/mol. The molecular weight excluding hydrogens is 230 g/mol. The van der Waals surface area contributed by atoms with Gasteiger partial charge in [-0.1, -0.05) is 18.2 Å². The van der Waals surface area contributed by atoms with Crippen LogP contribution in [0, 0.1) is 0 Å². The van der Waals surface area contributed by atoms with E-state index in [1.165, 1.54) is 0 Å². The van der Waals surface area contributed by atoms with Crippen LogP contribution < -0.4 is 14.8 Å². The summed E-state index contributed by atoms with van der Waals surface area (Å²) in [6.45, 7) is 1.74. The van der Waals surface area contributed by atoms with Gasteiger partial charge in [0.1, 0.15) is 0 Å². The lowest BCUT2D eigenvalue weighted by atomic mass is 10.1. The Morgan fingerprint density at radius 3 is 2.78 bits per heavy atom. The largest absolute Gasteiger partial charge is 0.493 e. The third-order valence-electron chi connectivity index (χ3n) is 2.77. The topological polar surface area (TPSA) is 47.6 Å². The van der Waals surface area contributed by atoms with Crippen LogP contribution in [0.2, 0.25) is 0 Å². The maximum absolute atomic E-state index is 11.8. The number of methoxy groups -OCH3 is 1. The van der Waals surface area contributed by atoms with Crippen molar-refractivity contribution in [3.63, 3.8) is 0 Å². The molecule has 4 heteroatoms. The number of rotatable bonds is 4. The minimum absolute atomic E-state index is 0.255. The molecule has 0 saturated heterocycles. The fraction of sp³-hybridized carbons (Fsp3) is 0.357. The first-order valence-electron chi connectivity index (χ1n) is 6.02. The number of ether oxygens (including phenoxy) is 2. The Balaban J connectivity index is 1.96. The molecule has 0 fully saturated rings. The molecule has 0 unspecified atom stereocenters. The zero-order valence-electron chi connectivity index (χ0n) is 10.4. The van der Waals surface area contributed by atoms with Crippen molar-refractivity contribution in [1.29, 1.82) is 0 Å². The van der Waals surface area contributed by atoms with Crippen molar-refractivity contribution in [3.05, 3.63) is 35.9 Å². The van der Waals surface area contributed by atoms with Crippen LogP contribution in [0.4, 0.5) is 0 Å². The van der Waals surface area contributed by atoms with Crippen LogP contribution in [0.25, 0.3) is 0 Å². The van der Waals surface area contributed by atoms with Crippen LogP contribution in [-0.2, 0) is 4.79 Å². The summed E-state index contributed by atoms with van der Waals surface area (Å²) in [4.78, 5) is 11.8. The summed E-state index contributed by atoms with van der Waals surface area (Å²) in [5.41, 5.74) is 1.08. The summed E-state index contributed by atoms with van der Waals surface area (Å²) in [7, 11) is 1.56. The van der Waals surface area contributed by atoms with E-state index in [-0.39, 0.29) is 5.97 Å². The molecule has 0 spiro atoms. The second kappa shape index (κ2) is 6.21. The Bertz CT molecular complexity index is 454. The van der Waals surface area contributed by atoms with E-state index >= 15 is 0 Å². The van der Waals surface area contributed by atoms with Crippen LogP contribution in [0.15, 0.2) is 35.9 Å². The van der Waals surface area contributed by atoms with Gasteiger partial charge < -0.3 is 14.8 Å². The van der Waals surface area contributed by atoms with Crippen LogP contribution in [-0.4, -0.2) is 26.2 Å². The number of para-hydroxylation sites is 2. The number of hydrogen-bond donors (Lipinski definition) is 1. The molecule has 1 aromatic rings. The molecule has 0 radical (unpaired) electrons. The second-order valence-electron chi connectivity index (χ2n) is 4.13. The number of esters is 1. The molecular formula is C14H17NO3. The highest BCUT2D eigenvalue weighted by Gasteiger charge is 2.12. The van der Waals surface area contributed by atoms with Crippen molar-refractivity contribution in [1.82, 2.24) is 5.32 Å². The molecule has 96 valence electrons. The first-order chi connectivity index (χ1) is 8.79.